The Hall–Kier alpha value is -2.14. The number of hydrogen-bond donors (Lipinski definition) is 1. The monoisotopic (exact) mass is 297 g/mol. The first-order valence-corrected chi connectivity index (χ1v) is 7.89. The van der Waals surface area contributed by atoms with Crippen LogP contribution in [0, 0.1) is 0 Å². The fourth-order valence-electron chi connectivity index (χ4n) is 3.28. The zero-order valence-corrected chi connectivity index (χ0v) is 12.4. The fraction of sp³-hybridized carbons (Fsp3) is 0.412. The van der Waals surface area contributed by atoms with Gasteiger partial charge in [-0.1, -0.05) is 6.07 Å². The van der Waals surface area contributed by atoms with Crippen LogP contribution < -0.4 is 5.32 Å². The second-order valence-electron chi connectivity index (χ2n) is 5.86. The smallest absolute Gasteiger partial charge is 0.251 e. The van der Waals surface area contributed by atoms with Gasteiger partial charge in [0.1, 0.15) is 0 Å². The fourth-order valence-corrected chi connectivity index (χ4v) is 3.28. The highest BCUT2D eigenvalue weighted by molar-refractivity contribution is 5.97. The largest absolute Gasteiger partial charge is 0.356 e. The molecule has 22 heavy (non-hydrogen) atoms. The molecule has 5 heteroatoms. The van der Waals surface area contributed by atoms with E-state index in [-0.39, 0.29) is 12.1 Å². The van der Waals surface area contributed by atoms with E-state index in [1.165, 1.54) is 6.42 Å². The summed E-state index contributed by atoms with van der Waals surface area (Å²) < 4.78 is 7.83. The number of hydrogen-bond acceptors (Lipinski definition) is 3. The molecule has 114 valence electrons. The molecule has 0 spiro atoms. The molecule has 2 aliphatic heterocycles. The molecule has 1 fully saturated rings. The predicted octanol–water partition coefficient (Wildman–Crippen LogP) is 2.54. The molecule has 0 aliphatic carbocycles. The topological polar surface area (TPSA) is 56.2 Å². The number of rotatable bonds is 2. The molecule has 1 N–H and O–H groups in total. The van der Waals surface area contributed by atoms with Crippen molar-refractivity contribution >= 4 is 5.91 Å². The molecular weight excluding hydrogens is 278 g/mol. The Kier molecular flexibility index (Phi) is 3.42. The minimum absolute atomic E-state index is 0.0249. The molecule has 1 atom stereocenters. The van der Waals surface area contributed by atoms with Gasteiger partial charge >= 0.3 is 0 Å². The van der Waals surface area contributed by atoms with E-state index in [0.717, 1.165) is 48.3 Å². The first-order chi connectivity index (χ1) is 10.8. The van der Waals surface area contributed by atoms with Crippen molar-refractivity contribution in [2.45, 2.75) is 31.9 Å². The van der Waals surface area contributed by atoms with E-state index in [9.17, 15) is 4.79 Å². The number of nitrogens with zero attached hydrogens (tertiary/aromatic N) is 2. The SMILES string of the molecule is O=C1NCCc2cc(-c3ccnn3[C@@H]3CCCCO3)ccc21. The second-order valence-corrected chi connectivity index (χ2v) is 5.86. The number of carbonyl (C=O) groups excluding carboxylic acids is 1. The van der Waals surface area contributed by atoms with Crippen LogP contribution in [0.15, 0.2) is 30.5 Å². The summed E-state index contributed by atoms with van der Waals surface area (Å²) in [5.41, 5.74) is 4.05. The molecule has 0 unspecified atom stereocenters. The van der Waals surface area contributed by atoms with Gasteiger partial charge in [-0.05, 0) is 49.4 Å². The van der Waals surface area contributed by atoms with Crippen molar-refractivity contribution in [1.82, 2.24) is 15.1 Å². The highest BCUT2D eigenvalue weighted by atomic mass is 16.5. The number of carbonyl (C=O) groups is 1. The number of benzene rings is 1. The highest BCUT2D eigenvalue weighted by Gasteiger charge is 2.21. The molecule has 4 rings (SSSR count). The zero-order valence-electron chi connectivity index (χ0n) is 12.4. The van der Waals surface area contributed by atoms with Crippen LogP contribution in [0.1, 0.15) is 41.4 Å². The van der Waals surface area contributed by atoms with Gasteiger partial charge in [-0.25, -0.2) is 4.68 Å². The van der Waals surface area contributed by atoms with E-state index in [2.05, 4.69) is 16.5 Å². The van der Waals surface area contributed by atoms with Gasteiger partial charge in [0.2, 0.25) is 0 Å². The summed E-state index contributed by atoms with van der Waals surface area (Å²) >= 11 is 0. The molecule has 1 aromatic carbocycles. The molecule has 2 aliphatic rings. The Labute approximate surface area is 129 Å². The van der Waals surface area contributed by atoms with Crippen LogP contribution in [0.3, 0.4) is 0 Å². The lowest BCUT2D eigenvalue weighted by atomic mass is 9.96. The van der Waals surface area contributed by atoms with Crippen LogP contribution in [0.2, 0.25) is 0 Å². The van der Waals surface area contributed by atoms with Crippen molar-refractivity contribution in [3.05, 3.63) is 41.6 Å². The van der Waals surface area contributed by atoms with Crippen molar-refractivity contribution in [2.24, 2.45) is 0 Å². The summed E-state index contributed by atoms with van der Waals surface area (Å²) in [5.74, 6) is 0.0249. The summed E-state index contributed by atoms with van der Waals surface area (Å²) in [6.07, 6.45) is 6.03. The van der Waals surface area contributed by atoms with E-state index in [0.29, 0.717) is 6.54 Å². The summed E-state index contributed by atoms with van der Waals surface area (Å²) in [6, 6.07) is 8.05. The van der Waals surface area contributed by atoms with Gasteiger partial charge in [-0.2, -0.15) is 5.10 Å². The molecule has 0 radical (unpaired) electrons. The van der Waals surface area contributed by atoms with Crippen molar-refractivity contribution in [2.75, 3.05) is 13.2 Å². The van der Waals surface area contributed by atoms with E-state index < -0.39 is 0 Å². The van der Waals surface area contributed by atoms with Gasteiger partial charge in [0, 0.05) is 30.5 Å². The summed E-state index contributed by atoms with van der Waals surface area (Å²) in [7, 11) is 0. The van der Waals surface area contributed by atoms with Crippen molar-refractivity contribution in [1.29, 1.82) is 0 Å². The van der Waals surface area contributed by atoms with Gasteiger partial charge in [0.25, 0.3) is 5.91 Å². The van der Waals surface area contributed by atoms with Crippen molar-refractivity contribution < 1.29 is 9.53 Å². The van der Waals surface area contributed by atoms with Crippen molar-refractivity contribution in [3.8, 4) is 11.3 Å². The van der Waals surface area contributed by atoms with Gasteiger partial charge in [-0.3, -0.25) is 4.79 Å². The maximum Gasteiger partial charge on any atom is 0.251 e. The molecule has 2 aromatic rings. The Balaban J connectivity index is 1.71. The minimum Gasteiger partial charge on any atom is -0.356 e. The molecule has 0 saturated carbocycles. The zero-order chi connectivity index (χ0) is 14.9. The molecule has 1 saturated heterocycles. The average Bonchev–Trinajstić information content (AvgIpc) is 3.05. The quantitative estimate of drug-likeness (QED) is 0.926. The van der Waals surface area contributed by atoms with Crippen LogP contribution in [0.4, 0.5) is 0 Å². The molecule has 3 heterocycles. The highest BCUT2D eigenvalue weighted by Crippen LogP contribution is 2.29. The van der Waals surface area contributed by atoms with Gasteiger partial charge in [0.05, 0.1) is 5.69 Å². The van der Waals surface area contributed by atoms with E-state index in [1.54, 1.807) is 0 Å². The summed E-state index contributed by atoms with van der Waals surface area (Å²) in [6.45, 7) is 1.51. The minimum atomic E-state index is 0.0249. The van der Waals surface area contributed by atoms with Crippen LogP contribution in [0.25, 0.3) is 11.3 Å². The molecule has 1 amide bonds. The number of fused-ring (bicyclic) bond motifs is 1. The lowest BCUT2D eigenvalue weighted by Gasteiger charge is -2.25. The summed E-state index contributed by atoms with van der Waals surface area (Å²) in [4.78, 5) is 11.8. The standard InChI is InChI=1S/C17H19N3O2/c21-17-14-5-4-13(11-12(14)6-8-18-17)15-7-9-19-20(15)16-3-1-2-10-22-16/h4-5,7,9,11,16H,1-3,6,8,10H2,(H,18,21)/t16-/m0/s1. The Bertz CT molecular complexity index is 702. The molecule has 0 bridgehead atoms. The van der Waals surface area contributed by atoms with Crippen LogP contribution >= 0.6 is 0 Å². The maximum atomic E-state index is 11.8. The van der Waals surface area contributed by atoms with Gasteiger partial charge in [0.15, 0.2) is 6.23 Å². The molecular formula is C17H19N3O2. The number of ether oxygens (including phenoxy) is 1. The third kappa shape index (κ3) is 2.31. The number of amides is 1. The third-order valence-corrected chi connectivity index (χ3v) is 4.42. The number of nitrogens with one attached hydrogen (secondary N) is 1. The number of aromatic nitrogens is 2. The van der Waals surface area contributed by atoms with E-state index >= 15 is 0 Å². The van der Waals surface area contributed by atoms with Crippen LogP contribution in [-0.4, -0.2) is 28.8 Å². The second kappa shape index (κ2) is 5.57. The predicted molar refractivity (Wildman–Crippen MR) is 82.5 cm³/mol. The van der Waals surface area contributed by atoms with E-state index in [1.807, 2.05) is 29.1 Å². The lowest BCUT2D eigenvalue weighted by molar-refractivity contribution is -0.0383. The maximum absolute atomic E-state index is 11.8. The lowest BCUT2D eigenvalue weighted by Crippen LogP contribution is -2.31. The molecule has 5 nitrogen and oxygen atoms in total. The third-order valence-electron chi connectivity index (χ3n) is 4.42. The average molecular weight is 297 g/mol. The first-order valence-electron chi connectivity index (χ1n) is 7.89. The molecule has 1 aromatic heterocycles. The van der Waals surface area contributed by atoms with E-state index in [4.69, 9.17) is 4.74 Å². The Morgan fingerprint density at radius 3 is 3.09 bits per heavy atom. The first kappa shape index (κ1) is 13.5. The summed E-state index contributed by atoms with van der Waals surface area (Å²) in [5, 5.41) is 7.33. The normalized spacial score (nSPS) is 21.3. The Morgan fingerprint density at radius 2 is 2.23 bits per heavy atom. The van der Waals surface area contributed by atoms with Gasteiger partial charge in [-0.15, -0.1) is 0 Å². The van der Waals surface area contributed by atoms with Crippen LogP contribution in [0.5, 0.6) is 0 Å². The van der Waals surface area contributed by atoms with Crippen LogP contribution in [-0.2, 0) is 11.2 Å². The van der Waals surface area contributed by atoms with Crippen molar-refractivity contribution in [3.63, 3.8) is 0 Å². The Morgan fingerprint density at radius 1 is 1.27 bits per heavy atom. The van der Waals surface area contributed by atoms with Gasteiger partial charge < -0.3 is 10.1 Å².